The van der Waals surface area contributed by atoms with Crippen molar-refractivity contribution in [3.05, 3.63) is 0 Å². The first kappa shape index (κ1) is 96.9. The van der Waals surface area contributed by atoms with E-state index in [0.717, 1.165) is 34.6 Å². The Kier molecular flexibility index (Phi) is 35.3. The third kappa shape index (κ3) is 22.3. The van der Waals surface area contributed by atoms with Crippen LogP contribution in [0.2, 0.25) is 0 Å². The molecule has 7 aliphatic rings. The van der Waals surface area contributed by atoms with Gasteiger partial charge in [0.25, 0.3) is 11.6 Å². The normalized spacial score (nSPS) is 42.0. The average molecular weight is 1680 g/mol. The van der Waals surface area contributed by atoms with Crippen LogP contribution in [0.5, 0.6) is 0 Å². The van der Waals surface area contributed by atoms with E-state index in [1.165, 1.54) is 6.92 Å². The molecule has 664 valence electrons. The molecule has 7 aliphatic heterocycles. The largest absolute Gasteiger partial charge is 0.477 e. The maximum atomic E-state index is 13.4. The lowest BCUT2D eigenvalue weighted by molar-refractivity contribution is -0.391. The minimum absolute atomic E-state index is 0.873. The van der Waals surface area contributed by atoms with Gasteiger partial charge in [-0.1, -0.05) is 0 Å². The van der Waals surface area contributed by atoms with Crippen molar-refractivity contribution in [2.45, 2.75) is 305 Å². The lowest BCUT2D eigenvalue weighted by atomic mass is 9.88. The lowest BCUT2D eigenvalue weighted by Gasteiger charge is -2.51. The average Bonchev–Trinajstić information content (AvgIpc) is 0.737. The van der Waals surface area contributed by atoms with E-state index < -0.39 is 357 Å². The van der Waals surface area contributed by atoms with Crippen LogP contribution in [0.15, 0.2) is 0 Å². The van der Waals surface area contributed by atoms with Crippen LogP contribution in [-0.4, -0.2) is 472 Å². The van der Waals surface area contributed by atoms with Crippen LogP contribution < -0.4 is 26.6 Å². The number of rotatable bonds is 36. The monoisotopic (exact) mass is 1680 g/mol. The first-order valence-electron chi connectivity index (χ1n) is 36.1. The summed E-state index contributed by atoms with van der Waals surface area (Å²) in [5.74, 6) is -15.7. The number of aliphatic carboxylic acids is 2. The molecule has 0 aromatic carbocycles. The second kappa shape index (κ2) is 41.9. The summed E-state index contributed by atoms with van der Waals surface area (Å²) in [6.07, 6.45) is -77.5. The Balaban J connectivity index is 1.18. The highest BCUT2D eigenvalue weighted by atomic mass is 16.8. The van der Waals surface area contributed by atoms with E-state index in [1.807, 2.05) is 0 Å². The molecule has 0 aromatic heterocycles. The molecule has 0 unspecified atom stereocenters. The quantitative estimate of drug-likeness (QED) is 0.0277. The number of ether oxygens (including phenoxy) is 14. The molecule has 7 rings (SSSR count). The van der Waals surface area contributed by atoms with Gasteiger partial charge in [-0.25, -0.2) is 9.59 Å². The number of amides is 5. The molecule has 0 saturated carbocycles. The topological polar surface area (TPSA) is 815 Å². The van der Waals surface area contributed by atoms with Crippen LogP contribution in [0.25, 0.3) is 0 Å². The minimum Gasteiger partial charge on any atom is -0.477 e. The number of carboxylic acid groups (broad SMARTS) is 2. The third-order valence-corrected chi connectivity index (χ3v) is 20.2. The molecule has 5 amide bonds. The summed E-state index contributed by atoms with van der Waals surface area (Å²) in [5, 5.41) is 288. The number of hydrogen-bond acceptors (Lipinski definition) is 44. The van der Waals surface area contributed by atoms with Gasteiger partial charge < -0.3 is 221 Å². The Hall–Kier alpha value is -5.19. The van der Waals surface area contributed by atoms with Gasteiger partial charge in [0.15, 0.2) is 31.5 Å². The van der Waals surface area contributed by atoms with Gasteiger partial charge in [0.05, 0.1) is 89.3 Å². The molecule has 7 fully saturated rings. The Bertz CT molecular complexity index is 3170. The number of carbonyl (C=O) groups is 7. The third-order valence-electron chi connectivity index (χ3n) is 20.2. The highest BCUT2D eigenvalue weighted by Crippen LogP contribution is 2.42. The van der Waals surface area contributed by atoms with E-state index in [9.17, 15) is 161 Å². The zero-order chi connectivity index (χ0) is 86.1. The summed E-state index contributed by atoms with van der Waals surface area (Å²) in [6.45, 7) is -4.15. The second-order valence-corrected chi connectivity index (χ2v) is 28.7. The number of carboxylic acids is 2. The fraction of sp³-hybridized carbons (Fsp3) is 0.891. The molecule has 7 heterocycles. The van der Waals surface area contributed by atoms with Crippen molar-refractivity contribution in [2.24, 2.45) is 0 Å². The molecule has 51 nitrogen and oxygen atoms in total. The van der Waals surface area contributed by atoms with Crippen molar-refractivity contribution >= 4 is 41.5 Å². The van der Waals surface area contributed by atoms with Crippen molar-refractivity contribution < 1.29 is 228 Å². The van der Waals surface area contributed by atoms with Gasteiger partial charge in [-0.15, -0.1) is 0 Å². The summed E-state index contributed by atoms with van der Waals surface area (Å²) < 4.78 is 82.4. The smallest absolute Gasteiger partial charge is 0.364 e. The number of carbonyl (C=O) groups excluding carboxylic acids is 5. The van der Waals surface area contributed by atoms with Gasteiger partial charge in [-0.3, -0.25) is 24.0 Å². The van der Waals surface area contributed by atoms with Crippen LogP contribution >= 0.6 is 0 Å². The van der Waals surface area contributed by atoms with E-state index in [1.54, 1.807) is 0 Å². The van der Waals surface area contributed by atoms with Crippen LogP contribution in [0.4, 0.5) is 0 Å². The number of aliphatic hydroxyl groups excluding tert-OH is 23. The van der Waals surface area contributed by atoms with E-state index in [4.69, 9.17) is 66.3 Å². The molecule has 0 bridgehead atoms. The molecule has 30 N–H and O–H groups in total. The van der Waals surface area contributed by atoms with Gasteiger partial charge in [0, 0.05) is 47.5 Å². The first-order valence-corrected chi connectivity index (χ1v) is 36.1. The van der Waals surface area contributed by atoms with E-state index in [-0.39, 0.29) is 0 Å². The molecule has 41 atom stereocenters. The molecular formula is C64H107N5O46. The summed E-state index contributed by atoms with van der Waals surface area (Å²) >= 11 is 0. The molecular weight excluding hydrogens is 1570 g/mol. The Morgan fingerprint density at radius 1 is 0.409 bits per heavy atom. The SMILES string of the molecule is CC(=O)N[C@H]1[C@H](O[C@@H]([C@@H](O)[C@H](O)CO[C@@H]2O[C@H](CO)[C@@H](O[C@@H]3O[C@H](CO)[C@H](O)[C@H](O[C@]4(C(=O)O)C[C@H](O)[C@@H](NC(C)=O)[C@H]([C@H](O)[C@H](O)CO)O4)[C@H]3O)[C@H](O[C@@H]3O[C@@H](C)[C@@H](O)[C@@H](O)[C@@H]3O)[C@H]2NC(C)=O)[C@H](CO)NC(C)=O)O[C@H](CO)[C@@H](O[C@@H]2O[C@H](CO)[C@H](O)[C@H](O[C@]3(C(=O)O)C[C@H](O)[C@@H](NC(C)=O)[C@H]([C@H](O)[C@H](O)CO)O3)[C@H]2O)[C@@H]1O. The number of hydrogen-bond donors (Lipinski definition) is 30. The molecule has 51 heteroatoms. The lowest BCUT2D eigenvalue weighted by Crippen LogP contribution is -2.71. The van der Waals surface area contributed by atoms with Crippen molar-refractivity contribution in [2.75, 3.05) is 52.9 Å². The second-order valence-electron chi connectivity index (χ2n) is 28.7. The van der Waals surface area contributed by atoms with E-state index in [2.05, 4.69) is 26.6 Å². The number of aliphatic hydroxyl groups is 23. The molecule has 7 saturated heterocycles. The molecule has 0 radical (unpaired) electrons. The summed E-state index contributed by atoms with van der Waals surface area (Å²) in [4.78, 5) is 90.1. The van der Waals surface area contributed by atoms with E-state index >= 15 is 0 Å². The van der Waals surface area contributed by atoms with Gasteiger partial charge >= 0.3 is 11.9 Å². The zero-order valence-corrected chi connectivity index (χ0v) is 62.3. The summed E-state index contributed by atoms with van der Waals surface area (Å²) in [6, 6.07) is -9.48. The maximum absolute atomic E-state index is 13.4. The fourth-order valence-electron chi connectivity index (χ4n) is 14.4. The highest BCUT2D eigenvalue weighted by Gasteiger charge is 2.64. The molecule has 0 aromatic rings. The molecule has 0 spiro atoms. The van der Waals surface area contributed by atoms with Crippen LogP contribution in [0.1, 0.15) is 54.4 Å². The predicted octanol–water partition coefficient (Wildman–Crippen LogP) is -18.7. The summed E-state index contributed by atoms with van der Waals surface area (Å²) in [5.41, 5.74) is 0. The van der Waals surface area contributed by atoms with Gasteiger partial charge in [0.2, 0.25) is 29.5 Å². The van der Waals surface area contributed by atoms with Gasteiger partial charge in [0.1, 0.15) is 171 Å². The van der Waals surface area contributed by atoms with Crippen LogP contribution in [0, 0.1) is 0 Å². The van der Waals surface area contributed by atoms with Crippen molar-refractivity contribution in [1.29, 1.82) is 0 Å². The Morgan fingerprint density at radius 2 is 0.800 bits per heavy atom. The molecule has 0 aliphatic carbocycles. The standard InChI is InChI=1S/C64H107N5O46/c1-17-37(87)44(94)45(95)58(103-17)111-53-36(69-22(6)81)56(106-32(15-76)50(53)110-60-47(97)55(42(92)30(13-74)105-60)115-64(62(100)101)8-25(83)34(67-20(4)79)52(113-64)39(89)27(85)11-72)102-16-28(86)40(90)48(23(9-70)65-18(2)77)108-57-35(68-21(5)80)43(93)49(31(14-75)107-57)109-59-46(96)54(41(91)29(12-73)104-59)114-63(61(98)99)7-24(82)33(66-19(3)78)51(112-63)38(88)26(84)10-71/h17,23-60,70-76,82-97H,7-16H2,1-6H3,(H,65,77)(H,66,78)(H,67,79)(H,68,80)(H,69,81)(H,98,99)(H,100,101)/t17-,23-,24-,25-,26+,27+,28+,29+,30+,31+,32+,33+,34+,35+,36+,37+,38+,39+,40-,41-,42-,43+,44+,45-,46+,47+,48+,49+,50+,51+,52+,53+,54-,55-,56+,57-,58-,59-,60-,63-,64-/m0/s1. The predicted molar refractivity (Wildman–Crippen MR) is 358 cm³/mol. The molecule has 115 heavy (non-hydrogen) atoms. The fourth-order valence-corrected chi connectivity index (χ4v) is 14.4. The van der Waals surface area contributed by atoms with Crippen LogP contribution in [0.3, 0.4) is 0 Å². The highest BCUT2D eigenvalue weighted by molar-refractivity contribution is 5.78. The number of nitrogens with one attached hydrogen (secondary N) is 5. The van der Waals surface area contributed by atoms with E-state index in [0.29, 0.717) is 0 Å². The first-order chi connectivity index (χ1) is 53.9. The van der Waals surface area contributed by atoms with Gasteiger partial charge in [-0.05, 0) is 6.92 Å². The van der Waals surface area contributed by atoms with Crippen molar-refractivity contribution in [3.8, 4) is 0 Å². The Morgan fingerprint density at radius 3 is 1.21 bits per heavy atom. The zero-order valence-electron chi connectivity index (χ0n) is 62.3. The van der Waals surface area contributed by atoms with Gasteiger partial charge in [-0.2, -0.15) is 0 Å². The summed E-state index contributed by atoms with van der Waals surface area (Å²) in [7, 11) is 0. The maximum Gasteiger partial charge on any atom is 0.364 e. The minimum atomic E-state index is -3.33. The Labute approximate surface area is 651 Å². The van der Waals surface area contributed by atoms with Crippen molar-refractivity contribution in [3.63, 3.8) is 0 Å². The van der Waals surface area contributed by atoms with Crippen LogP contribution in [-0.2, 0) is 99.9 Å². The van der Waals surface area contributed by atoms with Crippen molar-refractivity contribution in [1.82, 2.24) is 26.6 Å².